The number of hydrogen-bond donors (Lipinski definition) is 0. The van der Waals surface area contributed by atoms with Crippen molar-refractivity contribution in [1.82, 2.24) is 9.80 Å². The van der Waals surface area contributed by atoms with Crippen LogP contribution in [-0.4, -0.2) is 54.5 Å². The lowest BCUT2D eigenvalue weighted by atomic mass is 9.94. The van der Waals surface area contributed by atoms with Gasteiger partial charge in [-0.25, -0.2) is 20.8 Å². The Balaban J connectivity index is 2.11. The first-order chi connectivity index (χ1) is 25.4. The predicted molar refractivity (Wildman–Crippen MR) is 201 cm³/mol. The molecule has 1 aliphatic rings. The average Bonchev–Trinajstić information content (AvgIpc) is 3.19. The molecule has 1 heterocycles. The maximum absolute atomic E-state index is 12.4. The van der Waals surface area contributed by atoms with Crippen molar-refractivity contribution in [3.05, 3.63) is 165 Å². The second kappa shape index (κ2) is 20.8. The van der Waals surface area contributed by atoms with Crippen LogP contribution in [0.5, 0.6) is 0 Å². The molecule has 0 radical (unpaired) electrons. The Morgan fingerprint density at radius 2 is 1.40 bits per heavy atom. The van der Waals surface area contributed by atoms with E-state index < -0.39 is 0 Å². The highest BCUT2D eigenvalue weighted by molar-refractivity contribution is 5.97. The van der Waals surface area contributed by atoms with Crippen molar-refractivity contribution in [1.29, 1.82) is 21.0 Å². The van der Waals surface area contributed by atoms with Crippen LogP contribution in [0.1, 0.15) is 31.4 Å². The van der Waals surface area contributed by atoms with Crippen LogP contribution in [0.15, 0.2) is 137 Å². The quantitative estimate of drug-likeness (QED) is 0.0948. The normalized spacial score (nSPS) is 14.5. The van der Waals surface area contributed by atoms with Gasteiger partial charge in [0.1, 0.15) is 6.07 Å². The molecule has 10 nitrogen and oxygen atoms in total. The van der Waals surface area contributed by atoms with Crippen LogP contribution in [0.4, 0.5) is 4.79 Å². The number of benzene rings is 2. The van der Waals surface area contributed by atoms with Crippen LogP contribution < -0.4 is 0 Å². The molecule has 0 N–H and O–H groups in total. The first-order valence-electron chi connectivity index (χ1n) is 16.4. The number of piperazine rings is 1. The van der Waals surface area contributed by atoms with E-state index in [1.54, 1.807) is 96.8 Å². The Bertz CT molecular complexity index is 2090. The van der Waals surface area contributed by atoms with E-state index in [4.69, 9.17) is 11.3 Å². The number of ether oxygens (including phenoxy) is 1. The van der Waals surface area contributed by atoms with E-state index in [-0.39, 0.29) is 46.3 Å². The maximum atomic E-state index is 12.4. The summed E-state index contributed by atoms with van der Waals surface area (Å²) in [6.07, 6.45) is 12.2. The molecule has 1 saturated heterocycles. The van der Waals surface area contributed by atoms with Crippen molar-refractivity contribution in [3.63, 3.8) is 0 Å². The van der Waals surface area contributed by atoms with E-state index in [1.165, 1.54) is 0 Å². The maximum Gasteiger partial charge on any atom is 0.409 e. The molecular formula is C42H35N8O2-. The first-order valence-corrected chi connectivity index (χ1v) is 16.4. The van der Waals surface area contributed by atoms with Gasteiger partial charge in [0.2, 0.25) is 0 Å². The van der Waals surface area contributed by atoms with Crippen molar-refractivity contribution in [2.24, 2.45) is 0 Å². The van der Waals surface area contributed by atoms with Crippen LogP contribution in [0.25, 0.3) is 21.4 Å². The Labute approximate surface area is 305 Å². The Kier molecular flexibility index (Phi) is 15.6. The van der Waals surface area contributed by atoms with Gasteiger partial charge < -0.3 is 19.9 Å². The molecule has 1 aliphatic heterocycles. The third-order valence-corrected chi connectivity index (χ3v) is 7.88. The molecule has 2 aromatic carbocycles. The number of amides is 1. The van der Waals surface area contributed by atoms with Crippen molar-refractivity contribution >= 4 is 23.1 Å². The second-order valence-electron chi connectivity index (χ2n) is 10.9. The van der Waals surface area contributed by atoms with Crippen LogP contribution in [-0.2, 0) is 4.74 Å². The van der Waals surface area contributed by atoms with Crippen LogP contribution in [0, 0.1) is 51.9 Å². The number of allylic oxidation sites excluding steroid dienone is 14. The summed E-state index contributed by atoms with van der Waals surface area (Å²) < 4.78 is 5.19. The lowest BCUT2D eigenvalue weighted by Crippen LogP contribution is -2.48. The van der Waals surface area contributed by atoms with Crippen molar-refractivity contribution in [2.45, 2.75) is 20.3 Å². The smallest absolute Gasteiger partial charge is 0.409 e. The number of carbonyl (C=O) groups excluding carboxylic acids is 1. The summed E-state index contributed by atoms with van der Waals surface area (Å²) in [6.45, 7) is 13.4. The minimum atomic E-state index is -0.370. The fourth-order valence-corrected chi connectivity index (χ4v) is 5.39. The Morgan fingerprint density at radius 3 is 1.90 bits per heavy atom. The summed E-state index contributed by atoms with van der Waals surface area (Å²) >= 11 is 0. The number of hydrogen-bond acceptors (Lipinski definition) is 7. The number of nitrogens with zero attached hydrogens (tertiary/aromatic N) is 8. The summed E-state index contributed by atoms with van der Waals surface area (Å²) in [4.78, 5) is 19.5. The van der Waals surface area contributed by atoms with Gasteiger partial charge in [-0.15, -0.1) is 0 Å². The summed E-state index contributed by atoms with van der Waals surface area (Å²) in [5, 5.41) is 49.1. The molecule has 0 spiro atoms. The Hall–Kier alpha value is -7.41. The number of carbonyl (C=O) groups is 1. The fourth-order valence-electron chi connectivity index (χ4n) is 5.39. The summed E-state index contributed by atoms with van der Waals surface area (Å²) in [5.41, 5.74) is 3.29. The first kappa shape index (κ1) is 39.0. The van der Waals surface area contributed by atoms with E-state index in [9.17, 15) is 31.3 Å². The average molecular weight is 684 g/mol. The summed E-state index contributed by atoms with van der Waals surface area (Å²) in [6, 6.07) is 25.7. The largest absolute Gasteiger partial charge is 0.762 e. The molecular weight excluding hydrogens is 649 g/mol. The molecule has 0 unspecified atom stereocenters. The molecule has 0 aromatic heterocycles. The SMILES string of the molecule is [C-]#[N+]/C(C#N)=C(/C(C#N)=C/C=C/C=C(/C(=C/C=C/C(C#N)=C(/C(=C=[N-])C#N)c1ccccc1)CC)N1CCN(C(=O)OCC)CC1)c1ccccc1. The standard InChI is InChI=1S/C42H35N8O2/c1-4-32(20-14-21-35(27-43)40(37(29-45)30-46)33-15-8-6-9-16-33)39(49-23-25-50(26-24-49)42(51)52-5-2)22-13-12-19-36(28-44)41(38(31-47)48-3)34-17-10-7-11-18-34/h6-22H,4-5,23-26H2,1-2H3/q-1/b13-12+,21-14+,32-20+,36-19+,39-22-,40-35-,41-38+. The van der Waals surface area contributed by atoms with Gasteiger partial charge in [0.05, 0.1) is 48.1 Å². The van der Waals surface area contributed by atoms with Crippen LogP contribution in [0.2, 0.25) is 0 Å². The molecule has 52 heavy (non-hydrogen) atoms. The van der Waals surface area contributed by atoms with Gasteiger partial charge in [0.25, 0.3) is 5.70 Å². The van der Waals surface area contributed by atoms with Crippen molar-refractivity contribution in [3.8, 4) is 24.3 Å². The van der Waals surface area contributed by atoms with Gasteiger partial charge in [-0.2, -0.15) is 15.8 Å². The third-order valence-electron chi connectivity index (χ3n) is 7.88. The van der Waals surface area contributed by atoms with E-state index in [0.717, 1.165) is 11.3 Å². The zero-order valence-corrected chi connectivity index (χ0v) is 29.0. The predicted octanol–water partition coefficient (Wildman–Crippen LogP) is 8.06. The highest BCUT2D eigenvalue weighted by Gasteiger charge is 2.24. The number of rotatable bonds is 12. The molecule has 3 rings (SSSR count). The minimum absolute atomic E-state index is 0.150. The molecule has 10 heteroatoms. The Morgan fingerprint density at radius 1 is 0.808 bits per heavy atom. The molecule has 256 valence electrons. The van der Waals surface area contributed by atoms with Crippen molar-refractivity contribution in [2.75, 3.05) is 32.8 Å². The van der Waals surface area contributed by atoms with Crippen LogP contribution >= 0.6 is 0 Å². The third kappa shape index (κ3) is 10.3. The highest BCUT2D eigenvalue weighted by atomic mass is 16.6. The van der Waals surface area contributed by atoms with Gasteiger partial charge in [-0.05, 0) is 48.3 Å². The van der Waals surface area contributed by atoms with E-state index in [2.05, 4.69) is 21.9 Å². The molecule has 0 aliphatic carbocycles. The summed E-state index contributed by atoms with van der Waals surface area (Å²) in [5.74, 6) is 1.90. The van der Waals surface area contributed by atoms with Gasteiger partial charge >= 0.3 is 6.09 Å². The fraction of sp³-hybridized carbons (Fsp3) is 0.190. The van der Waals surface area contributed by atoms with E-state index in [0.29, 0.717) is 43.7 Å². The zero-order chi connectivity index (χ0) is 37.7. The van der Waals surface area contributed by atoms with E-state index in [1.807, 2.05) is 43.2 Å². The molecule has 1 amide bonds. The van der Waals surface area contributed by atoms with Gasteiger partial charge in [-0.3, -0.25) is 0 Å². The molecule has 1 fully saturated rings. The topological polar surface area (TPSA) is 155 Å². The molecule has 0 atom stereocenters. The zero-order valence-electron chi connectivity index (χ0n) is 29.0. The summed E-state index contributed by atoms with van der Waals surface area (Å²) in [7, 11) is 0. The van der Waals surface area contributed by atoms with Crippen LogP contribution in [0.3, 0.4) is 0 Å². The lowest BCUT2D eigenvalue weighted by molar-refractivity contribution is 0.0872. The van der Waals surface area contributed by atoms with E-state index >= 15 is 0 Å². The second-order valence-corrected chi connectivity index (χ2v) is 10.9. The van der Waals surface area contributed by atoms with Gasteiger partial charge in [0, 0.05) is 43.0 Å². The highest BCUT2D eigenvalue weighted by Crippen LogP contribution is 2.28. The monoisotopic (exact) mass is 683 g/mol. The van der Waals surface area contributed by atoms with Gasteiger partial charge in [0.15, 0.2) is 0 Å². The minimum Gasteiger partial charge on any atom is -0.762 e. The van der Waals surface area contributed by atoms with Gasteiger partial charge in [-0.1, -0.05) is 91.9 Å². The molecule has 0 bridgehead atoms. The molecule has 0 saturated carbocycles. The molecule has 2 aromatic rings. The lowest BCUT2D eigenvalue weighted by Gasteiger charge is -2.37. The van der Waals surface area contributed by atoms with Crippen molar-refractivity contribution < 1.29 is 9.53 Å². The number of nitriles is 4.